The number of nitrogens with zero attached hydrogens (tertiary/aromatic N) is 1. The molecule has 3 nitrogen and oxygen atoms in total. The Morgan fingerprint density at radius 1 is 1.17 bits per heavy atom. The third kappa shape index (κ3) is 5.08. The lowest BCUT2D eigenvalue weighted by Gasteiger charge is -2.24. The molecule has 0 fully saturated rings. The number of aryl methyl sites for hydroxylation is 1. The molecule has 1 unspecified atom stereocenters. The van der Waals surface area contributed by atoms with E-state index < -0.39 is 0 Å². The monoisotopic (exact) mass is 330 g/mol. The van der Waals surface area contributed by atoms with Gasteiger partial charge in [-0.2, -0.15) is 0 Å². The number of carbonyl (C=O) groups excluding carboxylic acids is 1. The first-order valence-corrected chi connectivity index (χ1v) is 8.12. The maximum atomic E-state index is 12.2. The standard InChI is InChI=1S/C19H23ClN2O/c1-14-6-4-5-7-17(14)12-21-19(23)13-22(3)15(2)16-8-10-18(20)11-9-16/h4-11,15H,12-13H2,1-3H3,(H,21,23). The first kappa shape index (κ1) is 17.5. The van der Waals surface area contributed by atoms with Crippen molar-refractivity contribution < 1.29 is 4.79 Å². The van der Waals surface area contributed by atoms with Gasteiger partial charge in [-0.1, -0.05) is 48.0 Å². The summed E-state index contributed by atoms with van der Waals surface area (Å²) in [6.07, 6.45) is 0. The van der Waals surface area contributed by atoms with Crippen molar-refractivity contribution in [1.82, 2.24) is 10.2 Å². The molecule has 1 atom stereocenters. The number of nitrogens with one attached hydrogen (secondary N) is 1. The van der Waals surface area contributed by atoms with E-state index in [0.717, 1.165) is 16.1 Å². The summed E-state index contributed by atoms with van der Waals surface area (Å²) in [4.78, 5) is 14.2. The van der Waals surface area contributed by atoms with E-state index in [0.29, 0.717) is 13.1 Å². The lowest BCUT2D eigenvalue weighted by Crippen LogP contribution is -2.36. The Labute approximate surface area is 143 Å². The normalized spacial score (nSPS) is 12.2. The maximum absolute atomic E-state index is 12.2. The highest BCUT2D eigenvalue weighted by Gasteiger charge is 2.14. The van der Waals surface area contributed by atoms with Crippen LogP contribution in [0, 0.1) is 6.92 Å². The van der Waals surface area contributed by atoms with Crippen LogP contribution < -0.4 is 5.32 Å². The predicted octanol–water partition coefficient (Wildman–Crippen LogP) is 3.96. The highest BCUT2D eigenvalue weighted by Crippen LogP contribution is 2.20. The van der Waals surface area contributed by atoms with Crippen molar-refractivity contribution in [2.24, 2.45) is 0 Å². The van der Waals surface area contributed by atoms with Crippen LogP contribution in [-0.4, -0.2) is 24.4 Å². The number of halogens is 1. The number of likely N-dealkylation sites (N-methyl/N-ethyl adjacent to an activating group) is 1. The van der Waals surface area contributed by atoms with Gasteiger partial charge in [-0.05, 0) is 49.7 Å². The summed E-state index contributed by atoms with van der Waals surface area (Å²) in [6, 6.07) is 16.0. The van der Waals surface area contributed by atoms with E-state index in [-0.39, 0.29) is 11.9 Å². The first-order chi connectivity index (χ1) is 11.0. The van der Waals surface area contributed by atoms with Gasteiger partial charge < -0.3 is 5.32 Å². The van der Waals surface area contributed by atoms with Crippen molar-refractivity contribution in [2.45, 2.75) is 26.4 Å². The van der Waals surface area contributed by atoms with Crippen LogP contribution in [0.1, 0.15) is 29.7 Å². The minimum absolute atomic E-state index is 0.0246. The molecule has 0 saturated carbocycles. The van der Waals surface area contributed by atoms with E-state index in [4.69, 9.17) is 11.6 Å². The Morgan fingerprint density at radius 2 is 1.83 bits per heavy atom. The van der Waals surface area contributed by atoms with E-state index in [1.165, 1.54) is 5.56 Å². The van der Waals surface area contributed by atoms with Gasteiger partial charge in [0.05, 0.1) is 6.54 Å². The molecule has 0 bridgehead atoms. The molecule has 0 aliphatic rings. The Morgan fingerprint density at radius 3 is 2.48 bits per heavy atom. The van der Waals surface area contributed by atoms with Gasteiger partial charge in [0.25, 0.3) is 0 Å². The van der Waals surface area contributed by atoms with Crippen LogP contribution in [0.5, 0.6) is 0 Å². The zero-order valence-electron chi connectivity index (χ0n) is 13.8. The molecule has 4 heteroatoms. The van der Waals surface area contributed by atoms with Crippen LogP contribution in [0.25, 0.3) is 0 Å². The molecule has 0 aliphatic heterocycles. The van der Waals surface area contributed by atoms with Gasteiger partial charge in [-0.25, -0.2) is 0 Å². The molecule has 122 valence electrons. The number of hydrogen-bond donors (Lipinski definition) is 1. The summed E-state index contributed by atoms with van der Waals surface area (Å²) < 4.78 is 0. The van der Waals surface area contributed by atoms with Crippen molar-refractivity contribution in [3.05, 3.63) is 70.2 Å². The molecule has 2 aromatic carbocycles. The van der Waals surface area contributed by atoms with E-state index in [1.54, 1.807) is 0 Å². The van der Waals surface area contributed by atoms with E-state index in [2.05, 4.69) is 25.2 Å². The van der Waals surface area contributed by atoms with E-state index in [9.17, 15) is 4.79 Å². The van der Waals surface area contributed by atoms with Gasteiger partial charge in [0.15, 0.2) is 0 Å². The molecule has 0 aliphatic carbocycles. The molecule has 0 saturated heterocycles. The summed E-state index contributed by atoms with van der Waals surface area (Å²) in [7, 11) is 1.95. The van der Waals surface area contributed by atoms with Crippen molar-refractivity contribution in [3.63, 3.8) is 0 Å². The van der Waals surface area contributed by atoms with Gasteiger partial charge in [-0.15, -0.1) is 0 Å². The zero-order chi connectivity index (χ0) is 16.8. The summed E-state index contributed by atoms with van der Waals surface area (Å²) in [5.74, 6) is 0.0246. The Balaban J connectivity index is 1.87. The highest BCUT2D eigenvalue weighted by atomic mass is 35.5. The molecule has 1 amide bonds. The number of hydrogen-bond acceptors (Lipinski definition) is 2. The van der Waals surface area contributed by atoms with E-state index in [1.807, 2.05) is 54.4 Å². The molecule has 0 heterocycles. The summed E-state index contributed by atoms with van der Waals surface area (Å²) in [5, 5.41) is 3.71. The number of amides is 1. The van der Waals surface area contributed by atoms with Crippen LogP contribution in [0.3, 0.4) is 0 Å². The second-order valence-corrected chi connectivity index (χ2v) is 6.28. The fraction of sp³-hybridized carbons (Fsp3) is 0.316. The molecule has 0 radical (unpaired) electrons. The Kier molecular flexibility index (Phi) is 6.20. The zero-order valence-corrected chi connectivity index (χ0v) is 14.6. The highest BCUT2D eigenvalue weighted by molar-refractivity contribution is 6.30. The van der Waals surface area contributed by atoms with Crippen molar-refractivity contribution in [3.8, 4) is 0 Å². The third-order valence-electron chi connectivity index (χ3n) is 4.14. The van der Waals surface area contributed by atoms with Crippen LogP contribution in [0.2, 0.25) is 5.02 Å². The van der Waals surface area contributed by atoms with Crippen LogP contribution in [-0.2, 0) is 11.3 Å². The summed E-state index contributed by atoms with van der Waals surface area (Å²) in [6.45, 7) is 5.05. The van der Waals surface area contributed by atoms with Gasteiger partial charge >= 0.3 is 0 Å². The Bertz CT molecular complexity index is 655. The summed E-state index contributed by atoms with van der Waals surface area (Å²) in [5.41, 5.74) is 3.48. The molecule has 0 aromatic heterocycles. The first-order valence-electron chi connectivity index (χ1n) is 7.74. The average Bonchev–Trinajstić information content (AvgIpc) is 2.54. The number of benzene rings is 2. The van der Waals surface area contributed by atoms with Crippen LogP contribution in [0.4, 0.5) is 0 Å². The fourth-order valence-corrected chi connectivity index (χ4v) is 2.54. The largest absolute Gasteiger partial charge is 0.351 e. The molecule has 2 aromatic rings. The van der Waals surface area contributed by atoms with Gasteiger partial charge in [0.1, 0.15) is 0 Å². The fourth-order valence-electron chi connectivity index (χ4n) is 2.42. The molecular formula is C19H23ClN2O. The summed E-state index contributed by atoms with van der Waals surface area (Å²) >= 11 is 5.91. The molecule has 23 heavy (non-hydrogen) atoms. The SMILES string of the molecule is Cc1ccccc1CNC(=O)CN(C)C(C)c1ccc(Cl)cc1. The van der Waals surface area contributed by atoms with Crippen molar-refractivity contribution >= 4 is 17.5 Å². The van der Waals surface area contributed by atoms with Gasteiger partial charge in [0, 0.05) is 17.6 Å². The molecular weight excluding hydrogens is 308 g/mol. The lowest BCUT2D eigenvalue weighted by molar-refractivity contribution is -0.122. The van der Waals surface area contributed by atoms with Crippen LogP contribution >= 0.6 is 11.6 Å². The molecule has 1 N–H and O–H groups in total. The van der Waals surface area contributed by atoms with Gasteiger partial charge in [-0.3, -0.25) is 9.69 Å². The van der Waals surface area contributed by atoms with Crippen molar-refractivity contribution in [1.29, 1.82) is 0 Å². The number of carbonyl (C=O) groups is 1. The maximum Gasteiger partial charge on any atom is 0.234 e. The Hall–Kier alpha value is -1.84. The second-order valence-electron chi connectivity index (χ2n) is 5.85. The van der Waals surface area contributed by atoms with Crippen LogP contribution in [0.15, 0.2) is 48.5 Å². The third-order valence-corrected chi connectivity index (χ3v) is 4.40. The predicted molar refractivity (Wildman–Crippen MR) is 95.5 cm³/mol. The molecule has 0 spiro atoms. The lowest BCUT2D eigenvalue weighted by atomic mass is 10.1. The quantitative estimate of drug-likeness (QED) is 0.869. The topological polar surface area (TPSA) is 32.3 Å². The minimum Gasteiger partial charge on any atom is -0.351 e. The molecule has 2 rings (SSSR count). The second kappa shape index (κ2) is 8.14. The number of rotatable bonds is 6. The van der Waals surface area contributed by atoms with Gasteiger partial charge in [0.2, 0.25) is 5.91 Å². The average molecular weight is 331 g/mol. The van der Waals surface area contributed by atoms with E-state index >= 15 is 0 Å². The minimum atomic E-state index is 0.0246. The smallest absolute Gasteiger partial charge is 0.234 e. The van der Waals surface area contributed by atoms with Crippen molar-refractivity contribution in [2.75, 3.05) is 13.6 Å².